The molecule has 2 nitrogen and oxygen atoms in total. The number of hydrogen-bond donors (Lipinski definition) is 0. The van der Waals surface area contributed by atoms with Gasteiger partial charge in [0.2, 0.25) is 0 Å². The number of benzene rings is 5. The highest BCUT2D eigenvalue weighted by Gasteiger charge is 2.19. The third-order valence-electron chi connectivity index (χ3n) is 6.66. The van der Waals surface area contributed by atoms with Crippen LogP contribution < -0.4 is 0 Å². The van der Waals surface area contributed by atoms with E-state index in [2.05, 4.69) is 81.1 Å². The van der Waals surface area contributed by atoms with Crippen molar-refractivity contribution in [1.82, 2.24) is 0 Å². The molecule has 166 valence electrons. The summed E-state index contributed by atoms with van der Waals surface area (Å²) in [5.74, 6) is -0.338. The summed E-state index contributed by atoms with van der Waals surface area (Å²) >= 11 is 0. The molecule has 0 aliphatic carbocycles. The minimum atomic E-state index is -0.338. The largest absolute Gasteiger partial charge is 0.465 e. The SMILES string of the molecule is C=C(c1cc2ccccc2cc1C)c1cccc(-c2cc3ccccc3cc2C(=O)OC)c1C. The van der Waals surface area contributed by atoms with E-state index in [0.717, 1.165) is 44.2 Å². The van der Waals surface area contributed by atoms with E-state index in [1.807, 2.05) is 30.3 Å². The second-order valence-corrected chi connectivity index (χ2v) is 8.71. The second kappa shape index (κ2) is 8.64. The lowest BCUT2D eigenvalue weighted by Crippen LogP contribution is -2.05. The van der Waals surface area contributed by atoms with Crippen LogP contribution in [0, 0.1) is 13.8 Å². The van der Waals surface area contributed by atoms with E-state index in [9.17, 15) is 4.79 Å². The highest BCUT2D eigenvalue weighted by Crippen LogP contribution is 2.37. The summed E-state index contributed by atoms with van der Waals surface area (Å²) in [6.07, 6.45) is 0. The van der Waals surface area contributed by atoms with Crippen molar-refractivity contribution in [2.45, 2.75) is 13.8 Å². The molecule has 0 heterocycles. The van der Waals surface area contributed by atoms with Gasteiger partial charge in [-0.2, -0.15) is 0 Å². The highest BCUT2D eigenvalue weighted by molar-refractivity contribution is 6.04. The lowest BCUT2D eigenvalue weighted by atomic mass is 9.86. The fourth-order valence-electron chi connectivity index (χ4n) is 4.82. The first kappa shape index (κ1) is 21.7. The van der Waals surface area contributed by atoms with E-state index < -0.39 is 0 Å². The fraction of sp³-hybridized carbons (Fsp3) is 0.0938. The maximum Gasteiger partial charge on any atom is 0.338 e. The van der Waals surface area contributed by atoms with Crippen molar-refractivity contribution in [3.63, 3.8) is 0 Å². The lowest BCUT2D eigenvalue weighted by Gasteiger charge is -2.18. The van der Waals surface area contributed by atoms with Crippen LogP contribution in [0.25, 0.3) is 38.2 Å². The number of fused-ring (bicyclic) bond motifs is 2. The van der Waals surface area contributed by atoms with E-state index >= 15 is 0 Å². The molecule has 5 rings (SSSR count). The minimum absolute atomic E-state index is 0.338. The summed E-state index contributed by atoms with van der Waals surface area (Å²) in [5.41, 5.74) is 7.88. The summed E-state index contributed by atoms with van der Waals surface area (Å²) in [5, 5.41) is 4.51. The van der Waals surface area contributed by atoms with Crippen LogP contribution in [0.5, 0.6) is 0 Å². The first-order valence-electron chi connectivity index (χ1n) is 11.4. The van der Waals surface area contributed by atoms with Crippen LogP contribution in [0.4, 0.5) is 0 Å². The average Bonchev–Trinajstić information content (AvgIpc) is 2.86. The normalized spacial score (nSPS) is 11.0. The van der Waals surface area contributed by atoms with E-state index in [-0.39, 0.29) is 5.97 Å². The van der Waals surface area contributed by atoms with Crippen molar-refractivity contribution in [3.8, 4) is 11.1 Å². The molecular formula is C32H26O2. The standard InChI is InChI=1S/C32H26O2/c1-20-16-23-10-5-6-11-24(23)17-29(20)22(3)27-14-9-15-28(21(27)2)30-18-25-12-7-8-13-26(25)19-31(30)32(33)34-4/h5-19H,3H2,1-2,4H3. The van der Waals surface area contributed by atoms with Gasteiger partial charge in [0.25, 0.3) is 0 Å². The molecule has 0 saturated carbocycles. The third-order valence-corrected chi connectivity index (χ3v) is 6.66. The molecule has 2 heteroatoms. The maximum absolute atomic E-state index is 12.7. The smallest absolute Gasteiger partial charge is 0.338 e. The fourth-order valence-corrected chi connectivity index (χ4v) is 4.82. The van der Waals surface area contributed by atoms with Gasteiger partial charge in [0, 0.05) is 0 Å². The Balaban J connectivity index is 1.68. The van der Waals surface area contributed by atoms with Gasteiger partial charge in [0.05, 0.1) is 12.7 Å². The van der Waals surface area contributed by atoms with Crippen molar-refractivity contribution in [2.75, 3.05) is 7.11 Å². The molecule has 0 saturated heterocycles. The Morgan fingerprint density at radius 2 is 1.21 bits per heavy atom. The van der Waals surface area contributed by atoms with E-state index in [0.29, 0.717) is 5.56 Å². The summed E-state index contributed by atoms with van der Waals surface area (Å²) in [7, 11) is 1.43. The molecule has 0 aromatic heterocycles. The summed E-state index contributed by atoms with van der Waals surface area (Å²) < 4.78 is 5.13. The zero-order valence-corrected chi connectivity index (χ0v) is 19.7. The Kier molecular flexibility index (Phi) is 5.51. The molecule has 0 N–H and O–H groups in total. The molecule has 0 bridgehead atoms. The number of methoxy groups -OCH3 is 1. The van der Waals surface area contributed by atoms with Crippen LogP contribution >= 0.6 is 0 Å². The third kappa shape index (κ3) is 3.68. The Hall–Kier alpha value is -4.17. The second-order valence-electron chi connectivity index (χ2n) is 8.71. The number of hydrogen-bond acceptors (Lipinski definition) is 2. The molecule has 0 radical (unpaired) electrons. The number of rotatable bonds is 4. The Morgan fingerprint density at radius 1 is 0.647 bits per heavy atom. The van der Waals surface area contributed by atoms with Gasteiger partial charge >= 0.3 is 5.97 Å². The van der Waals surface area contributed by atoms with Crippen LogP contribution in [0.2, 0.25) is 0 Å². The predicted octanol–water partition coefficient (Wildman–Crippen LogP) is 8.12. The number of carbonyl (C=O) groups excluding carboxylic acids is 1. The Bertz CT molecular complexity index is 1590. The van der Waals surface area contributed by atoms with Crippen molar-refractivity contribution < 1.29 is 9.53 Å². The molecule has 0 spiro atoms. The number of aryl methyl sites for hydroxylation is 1. The van der Waals surface area contributed by atoms with Gasteiger partial charge in [-0.3, -0.25) is 0 Å². The monoisotopic (exact) mass is 442 g/mol. The van der Waals surface area contributed by atoms with Crippen LogP contribution in [0.15, 0.2) is 97.6 Å². The van der Waals surface area contributed by atoms with Gasteiger partial charge in [-0.05, 0) is 92.5 Å². The molecule has 0 unspecified atom stereocenters. The van der Waals surface area contributed by atoms with Crippen LogP contribution in [-0.2, 0) is 4.74 Å². The van der Waals surface area contributed by atoms with E-state index in [1.54, 1.807) is 0 Å². The maximum atomic E-state index is 12.7. The van der Waals surface area contributed by atoms with Gasteiger partial charge in [-0.1, -0.05) is 79.4 Å². The van der Waals surface area contributed by atoms with E-state index in [4.69, 9.17) is 4.74 Å². The van der Waals surface area contributed by atoms with Crippen LogP contribution in [0.3, 0.4) is 0 Å². The minimum Gasteiger partial charge on any atom is -0.465 e. The molecule has 0 aliphatic heterocycles. The lowest BCUT2D eigenvalue weighted by molar-refractivity contribution is 0.0602. The molecule has 34 heavy (non-hydrogen) atoms. The summed E-state index contributed by atoms with van der Waals surface area (Å²) in [4.78, 5) is 12.7. The number of ether oxygens (including phenoxy) is 1. The van der Waals surface area contributed by atoms with Gasteiger partial charge in [-0.25, -0.2) is 4.79 Å². The number of carbonyl (C=O) groups is 1. The zero-order valence-electron chi connectivity index (χ0n) is 19.7. The quantitative estimate of drug-likeness (QED) is 0.263. The van der Waals surface area contributed by atoms with Gasteiger partial charge in [0.1, 0.15) is 0 Å². The molecule has 5 aromatic rings. The van der Waals surface area contributed by atoms with Crippen molar-refractivity contribution in [1.29, 1.82) is 0 Å². The van der Waals surface area contributed by atoms with Crippen molar-refractivity contribution >= 4 is 33.1 Å². The zero-order chi connectivity index (χ0) is 23.8. The van der Waals surface area contributed by atoms with Crippen LogP contribution in [-0.4, -0.2) is 13.1 Å². The molecule has 0 fully saturated rings. The Labute approximate surface area is 200 Å². The molecule has 0 amide bonds. The van der Waals surface area contributed by atoms with Gasteiger partial charge in [-0.15, -0.1) is 0 Å². The van der Waals surface area contributed by atoms with E-state index in [1.165, 1.54) is 23.4 Å². The van der Waals surface area contributed by atoms with Gasteiger partial charge < -0.3 is 4.74 Å². The first-order chi connectivity index (χ1) is 16.5. The topological polar surface area (TPSA) is 26.3 Å². The number of esters is 1. The van der Waals surface area contributed by atoms with Gasteiger partial charge in [0.15, 0.2) is 0 Å². The summed E-state index contributed by atoms with van der Waals surface area (Å²) in [6.45, 7) is 8.72. The molecule has 0 atom stereocenters. The summed E-state index contributed by atoms with van der Waals surface area (Å²) in [6, 6.07) is 31.1. The highest BCUT2D eigenvalue weighted by atomic mass is 16.5. The van der Waals surface area contributed by atoms with Crippen LogP contribution in [0.1, 0.15) is 32.6 Å². The predicted molar refractivity (Wildman–Crippen MR) is 142 cm³/mol. The molecular weight excluding hydrogens is 416 g/mol. The molecule has 5 aromatic carbocycles. The first-order valence-corrected chi connectivity index (χ1v) is 11.4. The Morgan fingerprint density at radius 3 is 1.82 bits per heavy atom. The molecule has 0 aliphatic rings. The van der Waals surface area contributed by atoms with Crippen molar-refractivity contribution in [3.05, 3.63) is 125 Å². The average molecular weight is 443 g/mol. The van der Waals surface area contributed by atoms with Crippen molar-refractivity contribution in [2.24, 2.45) is 0 Å².